The highest BCUT2D eigenvalue weighted by molar-refractivity contribution is 5.71. The zero-order chi connectivity index (χ0) is 9.84. The number of anilines is 2. The van der Waals surface area contributed by atoms with Crippen LogP contribution in [0.2, 0.25) is 0 Å². The molecule has 0 aliphatic heterocycles. The Bertz CT molecular complexity index is 303. The van der Waals surface area contributed by atoms with Crippen LogP contribution >= 0.6 is 0 Å². The molecule has 0 aliphatic rings. The molecule has 2 heteroatoms. The summed E-state index contributed by atoms with van der Waals surface area (Å²) in [5, 5.41) is 3.11. The van der Waals surface area contributed by atoms with E-state index in [-0.39, 0.29) is 0 Å². The van der Waals surface area contributed by atoms with Gasteiger partial charge in [0.05, 0.1) is 0 Å². The van der Waals surface area contributed by atoms with Crippen molar-refractivity contribution in [2.75, 3.05) is 31.4 Å². The monoisotopic (exact) mass is 176 g/mol. The molecule has 0 bridgehead atoms. The van der Waals surface area contributed by atoms with E-state index in [4.69, 9.17) is 0 Å². The number of nitrogens with one attached hydrogen (secondary N) is 1. The van der Waals surface area contributed by atoms with Gasteiger partial charge < -0.3 is 10.2 Å². The van der Waals surface area contributed by atoms with E-state index in [0.29, 0.717) is 0 Å². The SMILES string of the molecule is C=Cc1ccc(NC)cc1N(C)C. The first kappa shape index (κ1) is 9.65. The Morgan fingerprint density at radius 2 is 2.08 bits per heavy atom. The molecular formula is C11H16N2. The zero-order valence-corrected chi connectivity index (χ0v) is 8.46. The average molecular weight is 176 g/mol. The number of hydrogen-bond acceptors (Lipinski definition) is 2. The second-order valence-corrected chi connectivity index (χ2v) is 3.12. The van der Waals surface area contributed by atoms with E-state index in [1.165, 1.54) is 5.69 Å². The van der Waals surface area contributed by atoms with Crippen LogP contribution in [-0.2, 0) is 0 Å². The highest BCUT2D eigenvalue weighted by Crippen LogP contribution is 2.23. The largest absolute Gasteiger partial charge is 0.388 e. The molecule has 0 unspecified atom stereocenters. The molecule has 0 saturated heterocycles. The van der Waals surface area contributed by atoms with Gasteiger partial charge in [0.15, 0.2) is 0 Å². The number of benzene rings is 1. The van der Waals surface area contributed by atoms with Gasteiger partial charge in [0.1, 0.15) is 0 Å². The maximum Gasteiger partial charge on any atom is 0.0455 e. The van der Waals surface area contributed by atoms with Crippen molar-refractivity contribution in [2.45, 2.75) is 0 Å². The molecule has 0 aliphatic carbocycles. The molecule has 13 heavy (non-hydrogen) atoms. The molecule has 0 saturated carbocycles. The van der Waals surface area contributed by atoms with Crippen molar-refractivity contribution in [1.82, 2.24) is 0 Å². The summed E-state index contributed by atoms with van der Waals surface area (Å²) in [4.78, 5) is 2.08. The van der Waals surface area contributed by atoms with Gasteiger partial charge in [0.2, 0.25) is 0 Å². The molecule has 1 N–H and O–H groups in total. The topological polar surface area (TPSA) is 15.3 Å². The van der Waals surface area contributed by atoms with Crippen LogP contribution in [0.3, 0.4) is 0 Å². The molecule has 0 amide bonds. The van der Waals surface area contributed by atoms with Crippen LogP contribution in [0.25, 0.3) is 6.08 Å². The third kappa shape index (κ3) is 2.02. The van der Waals surface area contributed by atoms with E-state index >= 15 is 0 Å². The Morgan fingerprint density at radius 3 is 2.54 bits per heavy atom. The van der Waals surface area contributed by atoms with Gasteiger partial charge in [-0.25, -0.2) is 0 Å². The van der Waals surface area contributed by atoms with Crippen molar-refractivity contribution in [2.24, 2.45) is 0 Å². The van der Waals surface area contributed by atoms with Crippen molar-refractivity contribution in [1.29, 1.82) is 0 Å². The predicted octanol–water partition coefficient (Wildman–Crippen LogP) is 2.44. The van der Waals surface area contributed by atoms with Crippen molar-refractivity contribution in [3.63, 3.8) is 0 Å². The van der Waals surface area contributed by atoms with E-state index in [1.54, 1.807) is 0 Å². The van der Waals surface area contributed by atoms with Gasteiger partial charge in [0, 0.05) is 32.5 Å². The summed E-state index contributed by atoms with van der Waals surface area (Å²) in [7, 11) is 5.98. The van der Waals surface area contributed by atoms with Gasteiger partial charge in [-0.15, -0.1) is 0 Å². The summed E-state index contributed by atoms with van der Waals surface area (Å²) < 4.78 is 0. The molecule has 0 atom stereocenters. The minimum absolute atomic E-state index is 1.12. The third-order valence-corrected chi connectivity index (χ3v) is 2.02. The van der Waals surface area contributed by atoms with Crippen molar-refractivity contribution in [3.8, 4) is 0 Å². The number of hydrogen-bond donors (Lipinski definition) is 1. The number of nitrogens with zero attached hydrogens (tertiary/aromatic N) is 1. The molecule has 0 fully saturated rings. The summed E-state index contributed by atoms with van der Waals surface area (Å²) in [5.41, 5.74) is 3.46. The lowest BCUT2D eigenvalue weighted by atomic mass is 10.1. The Balaban J connectivity index is 3.17. The second-order valence-electron chi connectivity index (χ2n) is 3.12. The Morgan fingerprint density at radius 1 is 1.38 bits per heavy atom. The molecule has 1 rings (SSSR count). The highest BCUT2D eigenvalue weighted by Gasteiger charge is 2.01. The highest BCUT2D eigenvalue weighted by atomic mass is 15.1. The van der Waals surface area contributed by atoms with Crippen LogP contribution < -0.4 is 10.2 Å². The van der Waals surface area contributed by atoms with Gasteiger partial charge in [-0.1, -0.05) is 18.7 Å². The third-order valence-electron chi connectivity index (χ3n) is 2.02. The van der Waals surface area contributed by atoms with Crippen LogP contribution in [0, 0.1) is 0 Å². The minimum atomic E-state index is 1.12. The van der Waals surface area contributed by atoms with Gasteiger partial charge in [-0.05, 0) is 17.7 Å². The summed E-state index contributed by atoms with van der Waals surface area (Å²) in [6.07, 6.45) is 1.87. The van der Waals surface area contributed by atoms with Gasteiger partial charge in [-0.3, -0.25) is 0 Å². The Labute approximate surface area is 79.9 Å². The van der Waals surface area contributed by atoms with Crippen molar-refractivity contribution < 1.29 is 0 Å². The first-order chi connectivity index (χ1) is 6.19. The van der Waals surface area contributed by atoms with E-state index in [9.17, 15) is 0 Å². The summed E-state index contributed by atoms with van der Waals surface area (Å²) in [6, 6.07) is 6.22. The predicted molar refractivity (Wildman–Crippen MR) is 60.4 cm³/mol. The fourth-order valence-electron chi connectivity index (χ4n) is 1.26. The lowest BCUT2D eigenvalue weighted by Crippen LogP contribution is -2.10. The Hall–Kier alpha value is -1.44. The molecular weight excluding hydrogens is 160 g/mol. The maximum atomic E-state index is 3.78. The van der Waals surface area contributed by atoms with Crippen LogP contribution in [0.4, 0.5) is 11.4 Å². The maximum absolute atomic E-state index is 3.78. The van der Waals surface area contributed by atoms with Crippen molar-refractivity contribution in [3.05, 3.63) is 30.3 Å². The van der Waals surface area contributed by atoms with E-state index in [1.807, 2.05) is 33.3 Å². The smallest absolute Gasteiger partial charge is 0.0455 e. The van der Waals surface area contributed by atoms with Gasteiger partial charge in [0.25, 0.3) is 0 Å². The van der Waals surface area contributed by atoms with Crippen molar-refractivity contribution >= 4 is 17.5 Å². The fourth-order valence-corrected chi connectivity index (χ4v) is 1.26. The van der Waals surface area contributed by atoms with Crippen LogP contribution in [0.1, 0.15) is 5.56 Å². The van der Waals surface area contributed by atoms with Gasteiger partial charge >= 0.3 is 0 Å². The molecule has 0 aromatic heterocycles. The summed E-state index contributed by atoms with van der Waals surface area (Å²) in [5.74, 6) is 0. The zero-order valence-electron chi connectivity index (χ0n) is 8.46. The first-order valence-corrected chi connectivity index (χ1v) is 4.30. The minimum Gasteiger partial charge on any atom is -0.388 e. The summed E-state index contributed by atoms with van der Waals surface area (Å²) >= 11 is 0. The second kappa shape index (κ2) is 3.99. The van der Waals surface area contributed by atoms with Crippen LogP contribution in [0.15, 0.2) is 24.8 Å². The van der Waals surface area contributed by atoms with E-state index in [0.717, 1.165) is 11.3 Å². The molecule has 70 valence electrons. The Kier molecular flexibility index (Phi) is 2.96. The lowest BCUT2D eigenvalue weighted by molar-refractivity contribution is 1.13. The molecule has 0 spiro atoms. The molecule has 0 heterocycles. The average Bonchev–Trinajstić information content (AvgIpc) is 2.16. The van der Waals surface area contributed by atoms with Crippen LogP contribution in [0.5, 0.6) is 0 Å². The fraction of sp³-hybridized carbons (Fsp3) is 0.273. The lowest BCUT2D eigenvalue weighted by Gasteiger charge is -2.16. The molecule has 1 aromatic carbocycles. The molecule has 0 radical (unpaired) electrons. The van der Waals surface area contributed by atoms with E-state index < -0.39 is 0 Å². The van der Waals surface area contributed by atoms with Gasteiger partial charge in [-0.2, -0.15) is 0 Å². The van der Waals surface area contributed by atoms with Crippen LogP contribution in [-0.4, -0.2) is 21.1 Å². The molecule has 2 nitrogen and oxygen atoms in total. The quantitative estimate of drug-likeness (QED) is 0.761. The standard InChI is InChI=1S/C11H16N2/c1-5-9-6-7-10(12-2)8-11(9)13(3)4/h5-8,12H,1H2,2-4H3. The number of rotatable bonds is 3. The molecule has 1 aromatic rings. The first-order valence-electron chi connectivity index (χ1n) is 4.30. The van der Waals surface area contributed by atoms with E-state index in [2.05, 4.69) is 28.9 Å². The summed E-state index contributed by atoms with van der Waals surface area (Å²) in [6.45, 7) is 3.78. The normalized spacial score (nSPS) is 9.46.